The summed E-state index contributed by atoms with van der Waals surface area (Å²) in [6.45, 7) is 0.390. The van der Waals surface area contributed by atoms with Crippen molar-refractivity contribution in [2.24, 2.45) is 0 Å². The van der Waals surface area contributed by atoms with Gasteiger partial charge in [0, 0.05) is 22.2 Å². The molecule has 0 saturated carbocycles. The molecule has 1 aliphatic rings. The molecule has 0 aliphatic carbocycles. The molecule has 0 amide bonds. The minimum atomic E-state index is -0.561. The largest absolute Gasteiger partial charge is 0.489 e. The summed E-state index contributed by atoms with van der Waals surface area (Å²) in [7, 11) is 0. The van der Waals surface area contributed by atoms with Gasteiger partial charge >= 0.3 is 0 Å². The molecule has 2 heterocycles. The molecule has 1 fully saturated rings. The zero-order chi connectivity index (χ0) is 19.5. The smallest absolute Gasteiger partial charge is 0.186 e. The van der Waals surface area contributed by atoms with Gasteiger partial charge in [0.05, 0.1) is 9.95 Å². The van der Waals surface area contributed by atoms with Crippen molar-refractivity contribution in [1.82, 2.24) is 4.98 Å². The summed E-state index contributed by atoms with van der Waals surface area (Å²) in [5.74, 6) is 0.0966. The van der Waals surface area contributed by atoms with Gasteiger partial charge in [-0.05, 0) is 29.8 Å². The van der Waals surface area contributed by atoms with Crippen LogP contribution in [0.15, 0.2) is 65.0 Å². The van der Waals surface area contributed by atoms with Gasteiger partial charge in [-0.3, -0.25) is 10.2 Å². The number of benzene rings is 2. The molecule has 4 rings (SSSR count). The van der Waals surface area contributed by atoms with Gasteiger partial charge in [0.1, 0.15) is 23.3 Å². The van der Waals surface area contributed by atoms with Crippen LogP contribution in [0.1, 0.15) is 22.1 Å². The molecule has 1 aromatic heterocycles. The van der Waals surface area contributed by atoms with E-state index in [-0.39, 0.29) is 5.78 Å². The van der Waals surface area contributed by atoms with Gasteiger partial charge in [0.25, 0.3) is 0 Å². The van der Waals surface area contributed by atoms with Gasteiger partial charge in [-0.25, -0.2) is 4.98 Å². The molecule has 7 heteroatoms. The summed E-state index contributed by atoms with van der Waals surface area (Å²) >= 11 is 8.75. The number of halogens is 1. The first-order valence-corrected chi connectivity index (χ1v) is 10.6. The average molecular weight is 427 g/mol. The molecule has 2 aromatic carbocycles. The van der Waals surface area contributed by atoms with Gasteiger partial charge in [-0.15, -0.1) is 11.3 Å². The SMILES string of the molecule is N=C1S/C(=C\c2ccc(OCc3ccccc3Cl)cc2)C(=O)[C@H]1c1nccs1. The second-order valence-electron chi connectivity index (χ2n) is 6.09. The first kappa shape index (κ1) is 18.9. The van der Waals surface area contributed by atoms with E-state index in [2.05, 4.69) is 4.98 Å². The molecule has 0 spiro atoms. The van der Waals surface area contributed by atoms with Gasteiger partial charge < -0.3 is 4.74 Å². The summed E-state index contributed by atoms with van der Waals surface area (Å²) in [6.07, 6.45) is 3.47. The normalized spacial score (nSPS) is 18.0. The predicted molar refractivity (Wildman–Crippen MR) is 115 cm³/mol. The van der Waals surface area contributed by atoms with Crippen LogP contribution < -0.4 is 4.74 Å². The number of allylic oxidation sites excluding steroid dienone is 1. The molecule has 3 aromatic rings. The zero-order valence-corrected chi connectivity index (χ0v) is 17.0. The highest BCUT2D eigenvalue weighted by Crippen LogP contribution is 2.41. The zero-order valence-electron chi connectivity index (χ0n) is 14.6. The number of thiazole rings is 1. The maximum atomic E-state index is 12.7. The Morgan fingerprint density at radius 2 is 1.96 bits per heavy atom. The van der Waals surface area contributed by atoms with Crippen LogP contribution in [0.25, 0.3) is 6.08 Å². The van der Waals surface area contributed by atoms with Crippen molar-refractivity contribution < 1.29 is 9.53 Å². The van der Waals surface area contributed by atoms with Crippen LogP contribution >= 0.6 is 34.7 Å². The Morgan fingerprint density at radius 1 is 1.18 bits per heavy atom. The minimum absolute atomic E-state index is 0.0657. The second kappa shape index (κ2) is 8.31. The number of ketones is 1. The Balaban J connectivity index is 1.45. The number of ether oxygens (including phenoxy) is 1. The molecule has 4 nitrogen and oxygen atoms in total. The van der Waals surface area contributed by atoms with Crippen molar-refractivity contribution in [3.05, 3.63) is 86.2 Å². The highest BCUT2D eigenvalue weighted by atomic mass is 35.5. The topological polar surface area (TPSA) is 63.0 Å². The van der Waals surface area contributed by atoms with E-state index < -0.39 is 5.92 Å². The number of rotatable bonds is 5. The Labute approximate surface area is 175 Å². The van der Waals surface area contributed by atoms with E-state index in [0.29, 0.717) is 26.6 Å². The molecular formula is C21H15ClN2O2S2. The van der Waals surface area contributed by atoms with Crippen molar-refractivity contribution >= 4 is 51.6 Å². The lowest BCUT2D eigenvalue weighted by molar-refractivity contribution is -0.114. The van der Waals surface area contributed by atoms with Gasteiger partial charge in [-0.2, -0.15) is 0 Å². The monoisotopic (exact) mass is 426 g/mol. The first-order valence-electron chi connectivity index (χ1n) is 8.49. The standard InChI is InChI=1S/C21H15ClN2O2S2/c22-16-4-2-1-3-14(16)12-26-15-7-5-13(6-8-15)11-17-19(25)18(20(23)28-17)21-24-9-10-27-21/h1-11,18,23H,12H2/b17-11-,23-20?/t18-/m1/s1. The van der Waals surface area contributed by atoms with Crippen LogP contribution in [-0.2, 0) is 11.4 Å². The van der Waals surface area contributed by atoms with E-state index in [0.717, 1.165) is 16.9 Å². The average Bonchev–Trinajstić information content (AvgIpc) is 3.30. The number of thioether (sulfide) groups is 1. The molecule has 0 radical (unpaired) electrons. The number of hydrogen-bond acceptors (Lipinski definition) is 6. The van der Waals surface area contributed by atoms with E-state index in [1.807, 2.05) is 60.0 Å². The number of aromatic nitrogens is 1. The third-order valence-electron chi connectivity index (χ3n) is 4.22. The van der Waals surface area contributed by atoms with Crippen molar-refractivity contribution in [1.29, 1.82) is 5.41 Å². The van der Waals surface area contributed by atoms with E-state index in [1.165, 1.54) is 23.1 Å². The number of carbonyl (C=O) groups excluding carboxylic acids is 1. The molecule has 1 saturated heterocycles. The molecule has 1 N–H and O–H groups in total. The first-order chi connectivity index (χ1) is 13.6. The Bertz CT molecular complexity index is 1050. The number of nitrogens with one attached hydrogen (secondary N) is 1. The molecule has 28 heavy (non-hydrogen) atoms. The van der Waals surface area contributed by atoms with Gasteiger partial charge in [-0.1, -0.05) is 53.7 Å². The fraction of sp³-hybridized carbons (Fsp3) is 0.0952. The maximum absolute atomic E-state index is 12.7. The van der Waals surface area contributed by atoms with Crippen LogP contribution in [0.5, 0.6) is 5.75 Å². The summed E-state index contributed by atoms with van der Waals surface area (Å²) in [5.41, 5.74) is 1.81. The van der Waals surface area contributed by atoms with Crippen LogP contribution in [0.4, 0.5) is 0 Å². The van der Waals surface area contributed by atoms with E-state index >= 15 is 0 Å². The maximum Gasteiger partial charge on any atom is 0.186 e. The van der Waals surface area contributed by atoms with Crippen molar-refractivity contribution in [3.63, 3.8) is 0 Å². The van der Waals surface area contributed by atoms with Crippen molar-refractivity contribution in [2.75, 3.05) is 0 Å². The molecule has 0 unspecified atom stereocenters. The highest BCUT2D eigenvalue weighted by Gasteiger charge is 2.38. The number of carbonyl (C=O) groups is 1. The third-order valence-corrected chi connectivity index (χ3v) is 6.42. The second-order valence-corrected chi connectivity index (χ2v) is 8.51. The third kappa shape index (κ3) is 4.04. The number of Topliss-reactive ketones (excluding diaryl/α,β-unsaturated/α-hetero) is 1. The Kier molecular flexibility index (Phi) is 5.62. The molecule has 0 bridgehead atoms. The summed E-state index contributed by atoms with van der Waals surface area (Å²) in [4.78, 5) is 17.4. The lowest BCUT2D eigenvalue weighted by Gasteiger charge is -2.08. The fourth-order valence-corrected chi connectivity index (χ4v) is 4.77. The lowest BCUT2D eigenvalue weighted by atomic mass is 10.1. The van der Waals surface area contributed by atoms with Crippen LogP contribution in [-0.4, -0.2) is 15.8 Å². The van der Waals surface area contributed by atoms with Crippen molar-refractivity contribution in [2.45, 2.75) is 12.5 Å². The Hall–Kier alpha value is -2.41. The summed E-state index contributed by atoms with van der Waals surface area (Å²) in [6, 6.07) is 15.1. The van der Waals surface area contributed by atoms with Crippen LogP contribution in [0.2, 0.25) is 5.02 Å². The predicted octanol–water partition coefficient (Wildman–Crippen LogP) is 5.79. The molecule has 1 atom stereocenters. The van der Waals surface area contributed by atoms with E-state index in [4.69, 9.17) is 21.7 Å². The quantitative estimate of drug-likeness (QED) is 0.524. The highest BCUT2D eigenvalue weighted by molar-refractivity contribution is 8.19. The lowest BCUT2D eigenvalue weighted by Crippen LogP contribution is -2.11. The van der Waals surface area contributed by atoms with E-state index in [1.54, 1.807) is 6.20 Å². The van der Waals surface area contributed by atoms with Crippen LogP contribution in [0, 0.1) is 5.41 Å². The number of hydrogen-bond donors (Lipinski definition) is 1. The van der Waals surface area contributed by atoms with Gasteiger partial charge in [0.2, 0.25) is 0 Å². The van der Waals surface area contributed by atoms with Crippen molar-refractivity contribution in [3.8, 4) is 5.75 Å². The van der Waals surface area contributed by atoms with Gasteiger partial charge in [0.15, 0.2) is 5.78 Å². The Morgan fingerprint density at radius 3 is 2.68 bits per heavy atom. The molecule has 1 aliphatic heterocycles. The summed E-state index contributed by atoms with van der Waals surface area (Å²) in [5, 5.41) is 11.6. The molecule has 140 valence electrons. The fourth-order valence-electron chi connectivity index (χ4n) is 2.78. The van der Waals surface area contributed by atoms with Crippen LogP contribution in [0.3, 0.4) is 0 Å². The molecular weight excluding hydrogens is 412 g/mol. The summed E-state index contributed by atoms with van der Waals surface area (Å²) < 4.78 is 5.78. The minimum Gasteiger partial charge on any atom is -0.489 e. The van der Waals surface area contributed by atoms with E-state index in [9.17, 15) is 4.79 Å². The number of nitrogens with zero attached hydrogens (tertiary/aromatic N) is 1.